The molecule has 0 aliphatic rings. The molecule has 0 rings (SSSR count). The Bertz CT molecular complexity index is 184. The number of thiol groups is 2. The Kier molecular flexibility index (Phi) is 3.75. The van der Waals surface area contributed by atoms with Crippen LogP contribution in [0, 0.1) is 0 Å². The van der Waals surface area contributed by atoms with Crippen LogP contribution < -0.4 is 0 Å². The number of ketones is 2. The number of hydrogen-bond donors (Lipinski definition) is 2. The fourth-order valence-corrected chi connectivity index (χ4v) is 0.648. The second-order valence-electron chi connectivity index (χ2n) is 1.81. The van der Waals surface area contributed by atoms with Crippen molar-refractivity contribution in [3.05, 3.63) is 9.81 Å². The van der Waals surface area contributed by atoms with Crippen molar-refractivity contribution >= 4 is 36.8 Å². The SMILES string of the molecule is CC(=O)/C(S)=C(/S)C(C)=O. The molecule has 10 heavy (non-hydrogen) atoms. The van der Waals surface area contributed by atoms with E-state index in [2.05, 4.69) is 25.3 Å². The van der Waals surface area contributed by atoms with Gasteiger partial charge in [0.15, 0.2) is 11.6 Å². The van der Waals surface area contributed by atoms with Crippen LogP contribution in [0.4, 0.5) is 0 Å². The van der Waals surface area contributed by atoms with E-state index in [4.69, 9.17) is 0 Å². The van der Waals surface area contributed by atoms with Crippen molar-refractivity contribution in [2.24, 2.45) is 0 Å². The van der Waals surface area contributed by atoms with Gasteiger partial charge in [0.2, 0.25) is 0 Å². The average Bonchev–Trinajstić information content (AvgIpc) is 1.84. The summed E-state index contributed by atoms with van der Waals surface area (Å²) < 4.78 is 0. The van der Waals surface area contributed by atoms with Crippen molar-refractivity contribution < 1.29 is 9.59 Å². The van der Waals surface area contributed by atoms with Crippen LogP contribution >= 0.6 is 25.3 Å². The maximum atomic E-state index is 10.6. The van der Waals surface area contributed by atoms with Gasteiger partial charge in [-0.1, -0.05) is 0 Å². The van der Waals surface area contributed by atoms with Crippen molar-refractivity contribution in [2.75, 3.05) is 0 Å². The van der Waals surface area contributed by atoms with Gasteiger partial charge in [-0.25, -0.2) is 0 Å². The summed E-state index contributed by atoms with van der Waals surface area (Å²) in [5, 5.41) is 0. The zero-order valence-corrected chi connectivity index (χ0v) is 7.50. The summed E-state index contributed by atoms with van der Waals surface area (Å²) in [6.07, 6.45) is 0. The van der Waals surface area contributed by atoms with Crippen LogP contribution in [-0.4, -0.2) is 11.6 Å². The molecule has 0 N–H and O–H groups in total. The Morgan fingerprint density at radius 2 is 1.10 bits per heavy atom. The van der Waals surface area contributed by atoms with Gasteiger partial charge in [0.25, 0.3) is 0 Å². The molecule has 0 aliphatic carbocycles. The number of Topliss-reactive ketones (excluding diaryl/α,β-unsaturated/α-hetero) is 2. The Morgan fingerprint density at radius 1 is 0.900 bits per heavy atom. The van der Waals surface area contributed by atoms with Crippen LogP contribution in [0.2, 0.25) is 0 Å². The van der Waals surface area contributed by atoms with E-state index in [1.807, 2.05) is 0 Å². The number of rotatable bonds is 2. The molecule has 0 heterocycles. The quantitative estimate of drug-likeness (QED) is 0.490. The molecule has 0 atom stereocenters. The van der Waals surface area contributed by atoms with Gasteiger partial charge in [-0.05, 0) is 13.8 Å². The van der Waals surface area contributed by atoms with Gasteiger partial charge in [-0.2, -0.15) is 0 Å². The largest absolute Gasteiger partial charge is 0.294 e. The number of allylic oxidation sites excluding steroid dienone is 2. The van der Waals surface area contributed by atoms with Gasteiger partial charge in [0.1, 0.15) is 0 Å². The Balaban J connectivity index is 4.67. The second-order valence-corrected chi connectivity index (χ2v) is 2.70. The molecule has 0 unspecified atom stereocenters. The first-order valence-corrected chi connectivity index (χ1v) is 3.50. The molecule has 0 saturated carbocycles. The first-order valence-electron chi connectivity index (χ1n) is 2.61. The number of hydrogen-bond acceptors (Lipinski definition) is 4. The van der Waals surface area contributed by atoms with Gasteiger partial charge in [-0.3, -0.25) is 9.59 Å². The van der Waals surface area contributed by atoms with Gasteiger partial charge in [0.05, 0.1) is 9.81 Å². The summed E-state index contributed by atoms with van der Waals surface area (Å²) in [5.41, 5.74) is 0. The van der Waals surface area contributed by atoms with Crippen LogP contribution in [0.1, 0.15) is 13.8 Å². The molecule has 0 spiro atoms. The summed E-state index contributed by atoms with van der Waals surface area (Å²) in [6, 6.07) is 0. The van der Waals surface area contributed by atoms with Crippen LogP contribution in [0.25, 0.3) is 0 Å². The lowest BCUT2D eigenvalue weighted by Gasteiger charge is -1.96. The number of carbonyl (C=O) groups excluding carboxylic acids is 2. The maximum Gasteiger partial charge on any atom is 0.167 e. The Morgan fingerprint density at radius 3 is 1.20 bits per heavy atom. The van der Waals surface area contributed by atoms with Gasteiger partial charge < -0.3 is 0 Å². The van der Waals surface area contributed by atoms with Crippen LogP contribution in [0.3, 0.4) is 0 Å². The highest BCUT2D eigenvalue weighted by molar-refractivity contribution is 7.90. The predicted octanol–water partition coefficient (Wildman–Crippen LogP) is 1.24. The topological polar surface area (TPSA) is 34.1 Å². The summed E-state index contributed by atoms with van der Waals surface area (Å²) >= 11 is 7.58. The minimum Gasteiger partial charge on any atom is -0.294 e. The highest BCUT2D eigenvalue weighted by Gasteiger charge is 2.07. The van der Waals surface area contributed by atoms with E-state index >= 15 is 0 Å². The molecule has 2 nitrogen and oxygen atoms in total. The normalized spacial score (nSPS) is 12.4. The van der Waals surface area contributed by atoms with Crippen LogP contribution in [-0.2, 0) is 9.59 Å². The Labute approximate surface area is 70.5 Å². The van der Waals surface area contributed by atoms with E-state index in [0.717, 1.165) is 0 Å². The van der Waals surface area contributed by atoms with Gasteiger partial charge >= 0.3 is 0 Å². The van der Waals surface area contributed by atoms with E-state index in [-0.39, 0.29) is 21.4 Å². The lowest BCUT2D eigenvalue weighted by molar-refractivity contribution is -0.115. The molecule has 0 aromatic heterocycles. The lowest BCUT2D eigenvalue weighted by Crippen LogP contribution is -1.98. The Hall–Kier alpha value is -0.220. The third-order valence-corrected chi connectivity index (χ3v) is 2.14. The molecule has 0 radical (unpaired) electrons. The zero-order valence-electron chi connectivity index (χ0n) is 5.71. The van der Waals surface area contributed by atoms with Crippen molar-refractivity contribution in [1.29, 1.82) is 0 Å². The van der Waals surface area contributed by atoms with E-state index < -0.39 is 0 Å². The lowest BCUT2D eigenvalue weighted by atomic mass is 10.3. The van der Waals surface area contributed by atoms with Crippen molar-refractivity contribution in [1.82, 2.24) is 0 Å². The fraction of sp³-hybridized carbons (Fsp3) is 0.333. The zero-order chi connectivity index (χ0) is 8.31. The highest BCUT2D eigenvalue weighted by atomic mass is 32.1. The summed E-state index contributed by atoms with van der Waals surface area (Å²) in [6.45, 7) is 2.67. The van der Waals surface area contributed by atoms with Crippen LogP contribution in [0.15, 0.2) is 9.81 Å². The maximum absolute atomic E-state index is 10.6. The molecule has 0 aliphatic heterocycles. The van der Waals surface area contributed by atoms with Crippen molar-refractivity contribution in [2.45, 2.75) is 13.8 Å². The van der Waals surface area contributed by atoms with Crippen molar-refractivity contribution in [3.63, 3.8) is 0 Å². The molecule has 0 amide bonds. The molecular weight excluding hydrogens is 168 g/mol. The summed E-state index contributed by atoms with van der Waals surface area (Å²) in [5.74, 6) is -0.493. The molecule has 0 fully saturated rings. The highest BCUT2D eigenvalue weighted by Crippen LogP contribution is 2.13. The molecular formula is C6H8O2S2. The van der Waals surface area contributed by atoms with E-state index in [9.17, 15) is 9.59 Å². The minimum absolute atomic E-state index is 0.121. The molecule has 56 valence electrons. The van der Waals surface area contributed by atoms with E-state index in [1.165, 1.54) is 13.8 Å². The molecule has 4 heteroatoms. The molecule has 0 bridgehead atoms. The van der Waals surface area contributed by atoms with Gasteiger partial charge in [-0.15, -0.1) is 25.3 Å². The number of carbonyl (C=O) groups is 2. The average molecular weight is 176 g/mol. The monoisotopic (exact) mass is 176 g/mol. The first kappa shape index (κ1) is 9.78. The molecule has 0 aromatic carbocycles. The minimum atomic E-state index is -0.247. The fourth-order valence-electron chi connectivity index (χ4n) is 0.333. The molecule has 0 aromatic rings. The van der Waals surface area contributed by atoms with Crippen LogP contribution in [0.5, 0.6) is 0 Å². The first-order chi connectivity index (χ1) is 4.46. The third-order valence-electron chi connectivity index (χ3n) is 0.891. The van der Waals surface area contributed by atoms with E-state index in [0.29, 0.717) is 0 Å². The molecule has 0 saturated heterocycles. The van der Waals surface area contributed by atoms with E-state index in [1.54, 1.807) is 0 Å². The third kappa shape index (κ3) is 2.58. The second kappa shape index (κ2) is 3.83. The smallest absolute Gasteiger partial charge is 0.167 e. The summed E-state index contributed by atoms with van der Waals surface area (Å²) in [7, 11) is 0. The predicted molar refractivity (Wildman–Crippen MR) is 46.4 cm³/mol. The summed E-state index contributed by atoms with van der Waals surface area (Å²) in [4.78, 5) is 21.4. The standard InChI is InChI=1S/C6H8O2S2/c1-3(7)5(9)6(10)4(2)8/h9-10H,1-2H3/b6-5-. The van der Waals surface area contributed by atoms with Crippen molar-refractivity contribution in [3.8, 4) is 0 Å². The van der Waals surface area contributed by atoms with Gasteiger partial charge in [0, 0.05) is 0 Å².